The first-order valence-corrected chi connectivity index (χ1v) is 9.91. The summed E-state index contributed by atoms with van der Waals surface area (Å²) in [5, 5.41) is 0. The zero-order chi connectivity index (χ0) is 10.6. The van der Waals surface area contributed by atoms with E-state index in [1.165, 1.54) is 0 Å². The van der Waals surface area contributed by atoms with Gasteiger partial charge in [0.1, 0.15) is 0 Å². The van der Waals surface area contributed by atoms with Crippen molar-refractivity contribution >= 4 is 43.8 Å². The molecule has 0 heterocycles. The third-order valence-electron chi connectivity index (χ3n) is 1.44. The summed E-state index contributed by atoms with van der Waals surface area (Å²) in [6, 6.07) is 9.49. The van der Waals surface area contributed by atoms with Crippen LogP contribution in [-0.4, -0.2) is 9.76 Å². The molecule has 0 bridgehead atoms. The number of benzene rings is 1. The van der Waals surface area contributed by atoms with Crippen LogP contribution in [0.5, 0.6) is 0 Å². The van der Waals surface area contributed by atoms with E-state index in [1.54, 1.807) is 0 Å². The third kappa shape index (κ3) is 4.34. The number of halogens is 3. The van der Waals surface area contributed by atoms with Crippen LogP contribution < -0.4 is 3.07 Å². The first-order valence-electron chi connectivity index (χ1n) is 3.78. The zero-order valence-corrected chi connectivity index (χ0v) is 14.8. The molecule has 72 valence electrons. The average molecular weight is 440 g/mol. The van der Waals surface area contributed by atoms with E-state index >= 15 is 0 Å². The molecule has 0 spiro atoms. The van der Waals surface area contributed by atoms with Gasteiger partial charge in [-0.2, -0.15) is 0 Å². The fourth-order valence-electron chi connectivity index (χ4n) is 0.805. The molecule has 1 rings (SSSR count). The summed E-state index contributed by atoms with van der Waals surface area (Å²) >= 11 is 14.1. The van der Waals surface area contributed by atoms with Crippen molar-refractivity contribution < 1.29 is 32.5 Å². The van der Waals surface area contributed by atoms with Gasteiger partial charge in [0, 0.05) is 0 Å². The van der Waals surface area contributed by atoms with Crippen molar-refractivity contribution in [3.8, 4) is 0 Å². The molecule has 0 fully saturated rings. The Labute approximate surface area is 110 Å². The van der Waals surface area contributed by atoms with Crippen molar-refractivity contribution in [2.24, 2.45) is 0 Å². The quantitative estimate of drug-likeness (QED) is 0.521. The van der Waals surface area contributed by atoms with Crippen LogP contribution >= 0.6 is 34.8 Å². The van der Waals surface area contributed by atoms with Crippen LogP contribution in [0, 0.1) is 0 Å². The van der Waals surface area contributed by atoms with Crippen LogP contribution in [-0.2, 0) is 32.5 Å². The molecule has 14 heavy (non-hydrogen) atoms. The van der Waals surface area contributed by atoms with E-state index in [2.05, 4.69) is 0 Å². The molecule has 1 aromatic carbocycles. The second-order valence-corrected chi connectivity index (χ2v) is 10.3. The number of hydrogen-bond acceptors (Lipinski definition) is 2. The molecule has 0 saturated heterocycles. The predicted octanol–water partition coefficient (Wildman–Crippen LogP) is 2.22. The van der Waals surface area contributed by atoms with E-state index in [9.17, 15) is 4.79 Å². The molecule has 1 aromatic rings. The number of hydrogen-bond donors (Lipinski definition) is 0. The van der Waals surface area contributed by atoms with Crippen LogP contribution in [0.4, 0.5) is 0 Å². The molecular weight excluding hydrogens is 435 g/mol. The van der Waals surface area contributed by atoms with E-state index < -0.39 is 34.8 Å². The first-order chi connectivity index (χ1) is 6.50. The molecule has 6 heteroatoms. The summed E-state index contributed by atoms with van der Waals surface area (Å²) in [6.07, 6.45) is 0. The van der Waals surface area contributed by atoms with Gasteiger partial charge >= 0.3 is 110 Å². The Balaban J connectivity index is 2.46. The van der Waals surface area contributed by atoms with Crippen molar-refractivity contribution in [3.05, 3.63) is 30.3 Å². The van der Waals surface area contributed by atoms with Gasteiger partial charge < -0.3 is 0 Å². The number of carbonyl (C=O) groups is 1. The fraction of sp³-hybridized carbons (Fsp3) is 0.125. The van der Waals surface area contributed by atoms with E-state index in [4.69, 9.17) is 37.4 Å². The van der Waals surface area contributed by atoms with Gasteiger partial charge in [0.15, 0.2) is 0 Å². The molecule has 0 atom stereocenters. The second kappa shape index (κ2) is 5.54. The molecule has 0 radical (unpaired) electrons. The molecule has 0 N–H and O–H groups in total. The molecular formula is C8H5Cl3HgO2. The van der Waals surface area contributed by atoms with Crippen LogP contribution in [0.25, 0.3) is 0 Å². The Kier molecular flexibility index (Phi) is 4.98. The summed E-state index contributed by atoms with van der Waals surface area (Å²) in [5.41, 5.74) is 0. The minimum absolute atomic E-state index is 0.770. The monoisotopic (exact) mass is 440 g/mol. The standard InChI is InChI=1S/C6H5.C2HCl3O2.Hg/c1-2-4-6-5-3-1;3-2(4,5)1(6)7;/h1-5H;(H,6,7);/q;;+1/p-1. The average Bonchev–Trinajstić information content (AvgIpc) is 2.14. The summed E-state index contributed by atoms with van der Waals surface area (Å²) in [4.78, 5) is 11.1. The van der Waals surface area contributed by atoms with Crippen molar-refractivity contribution in [1.29, 1.82) is 0 Å². The summed E-state index contributed by atoms with van der Waals surface area (Å²) in [5.74, 6) is -0.770. The third-order valence-corrected chi connectivity index (χ3v) is 6.62. The van der Waals surface area contributed by atoms with Gasteiger partial charge in [-0.15, -0.1) is 0 Å². The Morgan fingerprint density at radius 2 is 1.79 bits per heavy atom. The van der Waals surface area contributed by atoms with E-state index in [1.807, 2.05) is 30.3 Å². The Bertz CT molecular complexity index is 310. The number of rotatable bonds is 2. The Morgan fingerprint density at radius 3 is 2.29 bits per heavy atom. The Morgan fingerprint density at radius 1 is 1.21 bits per heavy atom. The summed E-state index contributed by atoms with van der Waals surface area (Å²) < 4.78 is 4.10. The SMILES string of the molecule is O=C([O][Hg][c]1ccccc1)C(Cl)(Cl)Cl. The van der Waals surface area contributed by atoms with Gasteiger partial charge in [-0.05, 0) is 0 Å². The van der Waals surface area contributed by atoms with Crippen LogP contribution in [0.1, 0.15) is 0 Å². The van der Waals surface area contributed by atoms with Gasteiger partial charge in [-0.1, -0.05) is 0 Å². The van der Waals surface area contributed by atoms with Crippen molar-refractivity contribution in [2.75, 3.05) is 0 Å². The summed E-state index contributed by atoms with van der Waals surface area (Å²) in [7, 11) is 0. The second-order valence-electron chi connectivity index (χ2n) is 2.56. The van der Waals surface area contributed by atoms with Crippen LogP contribution in [0.2, 0.25) is 0 Å². The normalized spacial score (nSPS) is 10.5. The molecule has 2 nitrogen and oxygen atoms in total. The van der Waals surface area contributed by atoms with Gasteiger partial charge in [0.05, 0.1) is 0 Å². The molecule has 0 aliphatic heterocycles. The van der Waals surface area contributed by atoms with Crippen molar-refractivity contribution in [3.63, 3.8) is 0 Å². The minimum atomic E-state index is -1.95. The first kappa shape index (κ1) is 12.6. The molecule has 0 saturated carbocycles. The fourth-order valence-corrected chi connectivity index (χ4v) is 5.84. The van der Waals surface area contributed by atoms with Gasteiger partial charge in [-0.3, -0.25) is 0 Å². The van der Waals surface area contributed by atoms with E-state index in [0.29, 0.717) is 0 Å². The summed E-state index contributed by atoms with van der Waals surface area (Å²) in [6.45, 7) is 0. The van der Waals surface area contributed by atoms with E-state index in [0.717, 1.165) is 3.07 Å². The van der Waals surface area contributed by atoms with Gasteiger partial charge in [0.2, 0.25) is 0 Å². The molecule has 0 aliphatic carbocycles. The van der Waals surface area contributed by atoms with Crippen LogP contribution in [0.3, 0.4) is 0 Å². The number of carbonyl (C=O) groups excluding carboxylic acids is 1. The molecule has 0 unspecified atom stereocenters. The number of alkyl halides is 3. The van der Waals surface area contributed by atoms with Crippen molar-refractivity contribution in [1.82, 2.24) is 0 Å². The maximum atomic E-state index is 11.1. The van der Waals surface area contributed by atoms with Crippen molar-refractivity contribution in [2.45, 2.75) is 3.79 Å². The molecule has 0 amide bonds. The van der Waals surface area contributed by atoms with E-state index in [-0.39, 0.29) is 0 Å². The van der Waals surface area contributed by atoms with Crippen LogP contribution in [0.15, 0.2) is 30.3 Å². The van der Waals surface area contributed by atoms with Gasteiger partial charge in [0.25, 0.3) is 0 Å². The molecule has 0 aromatic heterocycles. The molecule has 0 aliphatic rings. The van der Waals surface area contributed by atoms with Gasteiger partial charge in [-0.25, -0.2) is 0 Å². The zero-order valence-electron chi connectivity index (χ0n) is 7.04. The topological polar surface area (TPSA) is 26.3 Å². The predicted molar refractivity (Wildman–Crippen MR) is 52.5 cm³/mol. The Hall–Kier alpha value is 0.495. The maximum absolute atomic E-state index is 11.1.